The second-order valence-electron chi connectivity index (χ2n) is 3.53. The lowest BCUT2D eigenvalue weighted by atomic mass is 10.1. The summed E-state index contributed by atoms with van der Waals surface area (Å²) in [7, 11) is 0. The van der Waals surface area contributed by atoms with E-state index in [0.29, 0.717) is 12.2 Å². The quantitative estimate of drug-likeness (QED) is 0.628. The first kappa shape index (κ1) is 11.6. The summed E-state index contributed by atoms with van der Waals surface area (Å²) in [6.45, 7) is 0.465. The number of aromatic amines is 1. The van der Waals surface area contributed by atoms with E-state index in [9.17, 15) is 10.1 Å². The molecule has 7 nitrogen and oxygen atoms in total. The molecule has 0 amide bonds. The molecule has 0 radical (unpaired) electrons. The van der Waals surface area contributed by atoms with Crippen molar-refractivity contribution in [2.45, 2.75) is 6.54 Å². The molecular weight excluding hydrogens is 234 g/mol. The topological polar surface area (TPSA) is 108 Å². The highest BCUT2D eigenvalue weighted by atomic mass is 16.6. The summed E-state index contributed by atoms with van der Waals surface area (Å²) in [6.07, 6.45) is 3.21. The Labute approximate surface area is 102 Å². The number of hydrogen-bond donors (Lipinski definition) is 2. The lowest BCUT2D eigenvalue weighted by molar-refractivity contribution is -0.384. The van der Waals surface area contributed by atoms with Crippen molar-refractivity contribution in [3.05, 3.63) is 52.1 Å². The zero-order valence-corrected chi connectivity index (χ0v) is 9.25. The summed E-state index contributed by atoms with van der Waals surface area (Å²) in [5.41, 5.74) is 1.55. The van der Waals surface area contributed by atoms with E-state index in [4.69, 9.17) is 5.26 Å². The second kappa shape index (κ2) is 4.97. The van der Waals surface area contributed by atoms with E-state index in [1.54, 1.807) is 12.5 Å². The molecule has 1 aromatic heterocycles. The van der Waals surface area contributed by atoms with Crippen molar-refractivity contribution in [1.82, 2.24) is 9.97 Å². The third kappa shape index (κ3) is 2.44. The Hall–Kier alpha value is -2.88. The number of anilines is 1. The van der Waals surface area contributed by atoms with Gasteiger partial charge in [-0.05, 0) is 6.07 Å². The number of nitrogens with one attached hydrogen (secondary N) is 2. The molecule has 2 rings (SSSR count). The Morgan fingerprint density at radius 2 is 2.39 bits per heavy atom. The van der Waals surface area contributed by atoms with E-state index < -0.39 is 4.92 Å². The largest absolute Gasteiger partial charge is 0.378 e. The van der Waals surface area contributed by atoms with Crippen LogP contribution in [-0.4, -0.2) is 14.9 Å². The monoisotopic (exact) mass is 243 g/mol. The number of hydrogen-bond acceptors (Lipinski definition) is 5. The van der Waals surface area contributed by atoms with Gasteiger partial charge in [-0.1, -0.05) is 0 Å². The number of nitrogens with zero attached hydrogens (tertiary/aromatic N) is 3. The van der Waals surface area contributed by atoms with Crippen LogP contribution in [0.15, 0.2) is 30.7 Å². The van der Waals surface area contributed by atoms with Gasteiger partial charge in [0, 0.05) is 18.3 Å². The van der Waals surface area contributed by atoms with Gasteiger partial charge in [-0.3, -0.25) is 10.1 Å². The van der Waals surface area contributed by atoms with Crippen molar-refractivity contribution in [1.29, 1.82) is 5.26 Å². The van der Waals surface area contributed by atoms with Gasteiger partial charge in [0.05, 0.1) is 34.7 Å². The third-order valence-corrected chi connectivity index (χ3v) is 2.36. The summed E-state index contributed by atoms with van der Waals surface area (Å²) < 4.78 is 0. The predicted octanol–water partition coefficient (Wildman–Crippen LogP) is 1.80. The maximum Gasteiger partial charge on any atom is 0.270 e. The fourth-order valence-electron chi connectivity index (χ4n) is 1.46. The fraction of sp³-hybridized carbons (Fsp3) is 0.0909. The van der Waals surface area contributed by atoms with Gasteiger partial charge >= 0.3 is 0 Å². The SMILES string of the molecule is N#Cc1cc([N+](=O)[O-])ccc1NCc1cnc[nH]1. The zero-order valence-electron chi connectivity index (χ0n) is 9.25. The van der Waals surface area contributed by atoms with E-state index in [1.807, 2.05) is 6.07 Å². The molecule has 0 aliphatic carbocycles. The number of aromatic nitrogens is 2. The number of H-pyrrole nitrogens is 1. The highest BCUT2D eigenvalue weighted by molar-refractivity contribution is 5.61. The van der Waals surface area contributed by atoms with Crippen LogP contribution in [0.25, 0.3) is 0 Å². The molecule has 0 saturated heterocycles. The van der Waals surface area contributed by atoms with E-state index in [1.165, 1.54) is 18.2 Å². The summed E-state index contributed by atoms with van der Waals surface area (Å²) >= 11 is 0. The summed E-state index contributed by atoms with van der Waals surface area (Å²) in [5, 5.41) is 22.6. The average molecular weight is 243 g/mol. The summed E-state index contributed by atoms with van der Waals surface area (Å²) in [4.78, 5) is 16.8. The molecule has 2 N–H and O–H groups in total. The Morgan fingerprint density at radius 1 is 1.56 bits per heavy atom. The highest BCUT2D eigenvalue weighted by Crippen LogP contribution is 2.21. The van der Waals surface area contributed by atoms with Crippen LogP contribution in [0.4, 0.5) is 11.4 Å². The van der Waals surface area contributed by atoms with Gasteiger partial charge in [0.25, 0.3) is 5.69 Å². The van der Waals surface area contributed by atoms with Gasteiger partial charge in [-0.2, -0.15) is 5.26 Å². The Bertz CT molecular complexity index is 600. The first-order valence-corrected chi connectivity index (χ1v) is 5.10. The van der Waals surface area contributed by atoms with E-state index in [-0.39, 0.29) is 11.3 Å². The van der Waals surface area contributed by atoms with Crippen molar-refractivity contribution < 1.29 is 4.92 Å². The maximum absolute atomic E-state index is 10.6. The average Bonchev–Trinajstić information content (AvgIpc) is 2.89. The molecule has 7 heteroatoms. The number of nitro groups is 1. The molecule has 1 aromatic carbocycles. The van der Waals surface area contributed by atoms with Crippen LogP contribution >= 0.6 is 0 Å². The minimum atomic E-state index is -0.528. The van der Waals surface area contributed by atoms with Gasteiger partial charge < -0.3 is 10.3 Å². The molecule has 0 aliphatic rings. The van der Waals surface area contributed by atoms with Crippen LogP contribution < -0.4 is 5.32 Å². The zero-order chi connectivity index (χ0) is 13.0. The minimum absolute atomic E-state index is 0.0985. The van der Waals surface area contributed by atoms with Crippen molar-refractivity contribution in [2.24, 2.45) is 0 Å². The Balaban J connectivity index is 2.18. The highest BCUT2D eigenvalue weighted by Gasteiger charge is 2.10. The van der Waals surface area contributed by atoms with Crippen LogP contribution in [0.2, 0.25) is 0 Å². The molecule has 0 atom stereocenters. The summed E-state index contributed by atoms with van der Waals surface area (Å²) in [6, 6.07) is 6.05. The van der Waals surface area contributed by atoms with Crippen molar-refractivity contribution in [3.63, 3.8) is 0 Å². The first-order chi connectivity index (χ1) is 8.70. The molecule has 90 valence electrons. The standard InChI is InChI=1S/C11H9N5O2/c12-4-8-3-10(16(17)18)1-2-11(8)14-6-9-5-13-7-15-9/h1-3,5,7,14H,6H2,(H,13,15). The molecule has 0 saturated carbocycles. The van der Waals surface area contributed by atoms with Crippen LogP contribution in [0.1, 0.15) is 11.3 Å². The molecule has 0 aliphatic heterocycles. The van der Waals surface area contributed by atoms with Crippen LogP contribution in [0.5, 0.6) is 0 Å². The van der Waals surface area contributed by atoms with Gasteiger partial charge in [0.2, 0.25) is 0 Å². The molecule has 2 aromatic rings. The van der Waals surface area contributed by atoms with Crippen molar-refractivity contribution >= 4 is 11.4 Å². The summed E-state index contributed by atoms with van der Waals surface area (Å²) in [5.74, 6) is 0. The molecule has 0 fully saturated rings. The molecule has 18 heavy (non-hydrogen) atoms. The van der Waals surface area contributed by atoms with Crippen LogP contribution in [-0.2, 0) is 6.54 Å². The van der Waals surface area contributed by atoms with Gasteiger partial charge in [-0.25, -0.2) is 4.98 Å². The van der Waals surface area contributed by atoms with Crippen molar-refractivity contribution in [2.75, 3.05) is 5.32 Å². The van der Waals surface area contributed by atoms with Crippen molar-refractivity contribution in [3.8, 4) is 6.07 Å². The van der Waals surface area contributed by atoms with E-state index in [0.717, 1.165) is 5.69 Å². The molecule has 0 spiro atoms. The lowest BCUT2D eigenvalue weighted by Gasteiger charge is -2.06. The molecule has 1 heterocycles. The molecule has 0 unspecified atom stereocenters. The maximum atomic E-state index is 10.6. The number of nitriles is 1. The van der Waals surface area contributed by atoms with Gasteiger partial charge in [0.1, 0.15) is 6.07 Å². The number of non-ortho nitro benzene ring substituents is 1. The first-order valence-electron chi connectivity index (χ1n) is 5.10. The molecule has 0 bridgehead atoms. The van der Waals surface area contributed by atoms with E-state index in [2.05, 4.69) is 15.3 Å². The smallest absolute Gasteiger partial charge is 0.270 e. The lowest BCUT2D eigenvalue weighted by Crippen LogP contribution is -2.02. The van der Waals surface area contributed by atoms with E-state index >= 15 is 0 Å². The number of benzene rings is 1. The number of imidazole rings is 1. The van der Waals surface area contributed by atoms with Crippen LogP contribution in [0.3, 0.4) is 0 Å². The third-order valence-electron chi connectivity index (χ3n) is 2.36. The number of nitro benzene ring substituents is 1. The fourth-order valence-corrected chi connectivity index (χ4v) is 1.46. The number of rotatable bonds is 4. The van der Waals surface area contributed by atoms with Gasteiger partial charge in [0.15, 0.2) is 0 Å². The predicted molar refractivity (Wildman–Crippen MR) is 63.7 cm³/mol. The molecular formula is C11H9N5O2. The minimum Gasteiger partial charge on any atom is -0.378 e. The second-order valence-corrected chi connectivity index (χ2v) is 3.53. The normalized spacial score (nSPS) is 9.72. The Kier molecular flexibility index (Phi) is 3.20. The Morgan fingerprint density at radius 3 is 3.00 bits per heavy atom. The van der Waals surface area contributed by atoms with Gasteiger partial charge in [-0.15, -0.1) is 0 Å². The van der Waals surface area contributed by atoms with Crippen LogP contribution in [0, 0.1) is 21.4 Å².